The lowest BCUT2D eigenvalue weighted by molar-refractivity contribution is -0.122. The van der Waals surface area contributed by atoms with Crippen molar-refractivity contribution in [2.75, 3.05) is 20.1 Å². The fourth-order valence-corrected chi connectivity index (χ4v) is 4.04. The summed E-state index contributed by atoms with van der Waals surface area (Å²) in [5.74, 6) is -0.232. The summed E-state index contributed by atoms with van der Waals surface area (Å²) >= 11 is 0. The topological polar surface area (TPSA) is 117 Å². The van der Waals surface area contributed by atoms with E-state index in [1.54, 1.807) is 53.5 Å². The first-order chi connectivity index (χ1) is 18.6. The first kappa shape index (κ1) is 32.8. The maximum absolute atomic E-state index is 13.4. The second-order valence-electron chi connectivity index (χ2n) is 12.1. The van der Waals surface area contributed by atoms with Gasteiger partial charge in [0.15, 0.2) is 5.78 Å². The van der Waals surface area contributed by atoms with E-state index in [1.165, 1.54) is 0 Å². The van der Waals surface area contributed by atoms with Crippen LogP contribution in [0.25, 0.3) is 0 Å². The first-order valence-electron chi connectivity index (χ1n) is 13.6. The fraction of sp³-hybridized carbons (Fsp3) is 0.516. The van der Waals surface area contributed by atoms with Crippen LogP contribution in [0, 0.1) is 0 Å². The van der Waals surface area contributed by atoms with Gasteiger partial charge in [0.1, 0.15) is 11.2 Å². The monoisotopic (exact) mass is 555 g/mol. The van der Waals surface area contributed by atoms with E-state index in [-0.39, 0.29) is 18.9 Å². The van der Waals surface area contributed by atoms with Crippen LogP contribution in [0.15, 0.2) is 60.7 Å². The molecule has 220 valence electrons. The van der Waals surface area contributed by atoms with Crippen LogP contribution < -0.4 is 10.6 Å². The Labute approximate surface area is 238 Å². The normalized spacial score (nSPS) is 14.1. The Kier molecular flexibility index (Phi) is 12.1. The minimum Gasteiger partial charge on any atom is -0.444 e. The molecule has 2 rings (SSSR count). The number of benzene rings is 2. The Bertz CT molecular complexity index is 1080. The highest BCUT2D eigenvalue weighted by molar-refractivity contribution is 5.89. The van der Waals surface area contributed by atoms with Crippen molar-refractivity contribution < 1.29 is 29.0 Å². The molecule has 0 aliphatic rings. The smallest absolute Gasteiger partial charge is 0.408 e. The molecule has 0 spiro atoms. The molecule has 0 aromatic heterocycles. The molecule has 0 bridgehead atoms. The van der Waals surface area contributed by atoms with Crippen LogP contribution in [-0.2, 0) is 27.1 Å². The Hall–Kier alpha value is -3.43. The number of hydrogen-bond donors (Lipinski definition) is 3. The number of hydrogen-bond acceptors (Lipinski definition) is 7. The largest absolute Gasteiger partial charge is 0.444 e. The highest BCUT2D eigenvalue weighted by Crippen LogP contribution is 2.12. The summed E-state index contributed by atoms with van der Waals surface area (Å²) in [6.07, 6.45) is -1.63. The van der Waals surface area contributed by atoms with E-state index in [4.69, 9.17) is 9.47 Å². The van der Waals surface area contributed by atoms with Crippen molar-refractivity contribution >= 4 is 18.0 Å². The summed E-state index contributed by atoms with van der Waals surface area (Å²) in [4.78, 5) is 40.1. The van der Waals surface area contributed by atoms with Crippen molar-refractivity contribution in [3.05, 3.63) is 71.8 Å². The SMILES string of the molecule is CN(CC(=O)[C@H](Cc1ccccc1)NC(=O)OC(C)(C)C)C[C@@H](O)[C@H](Cc1ccccc1)NC(=O)OC(C)(C)C. The molecule has 3 atom stereocenters. The van der Waals surface area contributed by atoms with Crippen LogP contribution in [-0.4, -0.2) is 77.5 Å². The van der Waals surface area contributed by atoms with Crippen molar-refractivity contribution in [3.8, 4) is 0 Å². The van der Waals surface area contributed by atoms with Crippen LogP contribution in [0.1, 0.15) is 52.7 Å². The second kappa shape index (κ2) is 14.8. The zero-order valence-corrected chi connectivity index (χ0v) is 24.8. The lowest BCUT2D eigenvalue weighted by Crippen LogP contribution is -2.52. The summed E-state index contributed by atoms with van der Waals surface area (Å²) in [6.45, 7) is 10.6. The molecular formula is C31H45N3O6. The molecule has 2 aromatic rings. The number of aliphatic hydroxyl groups excluding tert-OH is 1. The number of alkyl carbamates (subject to hydrolysis) is 2. The van der Waals surface area contributed by atoms with Crippen LogP contribution in [0.2, 0.25) is 0 Å². The molecule has 0 radical (unpaired) electrons. The molecule has 40 heavy (non-hydrogen) atoms. The van der Waals surface area contributed by atoms with Crippen molar-refractivity contribution in [2.45, 2.75) is 83.8 Å². The van der Waals surface area contributed by atoms with Crippen molar-refractivity contribution in [1.82, 2.24) is 15.5 Å². The van der Waals surface area contributed by atoms with Crippen molar-refractivity contribution in [1.29, 1.82) is 0 Å². The van der Waals surface area contributed by atoms with Gasteiger partial charge >= 0.3 is 12.2 Å². The first-order valence-corrected chi connectivity index (χ1v) is 13.6. The van der Waals surface area contributed by atoms with Gasteiger partial charge in [0.2, 0.25) is 0 Å². The number of ketones is 1. The van der Waals surface area contributed by atoms with E-state index in [0.717, 1.165) is 11.1 Å². The van der Waals surface area contributed by atoms with Crippen LogP contribution in [0.4, 0.5) is 9.59 Å². The van der Waals surface area contributed by atoms with Crippen LogP contribution in [0.5, 0.6) is 0 Å². The molecule has 2 aromatic carbocycles. The molecule has 9 nitrogen and oxygen atoms in total. The van der Waals surface area contributed by atoms with Gasteiger partial charge in [-0.05, 0) is 72.6 Å². The molecule has 0 aliphatic heterocycles. The second-order valence-corrected chi connectivity index (χ2v) is 12.1. The molecule has 0 aliphatic carbocycles. The van der Waals surface area contributed by atoms with Crippen LogP contribution in [0.3, 0.4) is 0 Å². The minimum absolute atomic E-state index is 0.0329. The Morgan fingerprint density at radius 3 is 1.70 bits per heavy atom. The average molecular weight is 556 g/mol. The third-order valence-electron chi connectivity index (χ3n) is 5.75. The minimum atomic E-state index is -1.00. The Morgan fingerprint density at radius 1 is 0.775 bits per heavy atom. The zero-order valence-electron chi connectivity index (χ0n) is 24.8. The number of nitrogens with one attached hydrogen (secondary N) is 2. The van der Waals surface area contributed by atoms with Crippen LogP contribution >= 0.6 is 0 Å². The summed E-state index contributed by atoms with van der Waals surface area (Å²) in [7, 11) is 1.71. The molecule has 0 saturated heterocycles. The summed E-state index contributed by atoms with van der Waals surface area (Å²) in [5.41, 5.74) is 0.430. The van der Waals surface area contributed by atoms with E-state index in [9.17, 15) is 19.5 Å². The molecule has 0 unspecified atom stereocenters. The highest BCUT2D eigenvalue weighted by Gasteiger charge is 2.29. The van der Waals surface area contributed by atoms with Gasteiger partial charge in [-0.15, -0.1) is 0 Å². The van der Waals surface area contributed by atoms with Gasteiger partial charge in [0.25, 0.3) is 0 Å². The van der Waals surface area contributed by atoms with Crippen molar-refractivity contribution in [3.63, 3.8) is 0 Å². The lowest BCUT2D eigenvalue weighted by atomic mass is 10.00. The fourth-order valence-electron chi connectivity index (χ4n) is 4.04. The number of nitrogens with zero attached hydrogens (tertiary/aromatic N) is 1. The van der Waals surface area contributed by atoms with E-state index < -0.39 is 41.6 Å². The molecule has 0 heterocycles. The number of aliphatic hydroxyl groups is 1. The maximum Gasteiger partial charge on any atom is 0.408 e. The summed E-state index contributed by atoms with van der Waals surface area (Å²) < 4.78 is 10.8. The van der Waals surface area contributed by atoms with Gasteiger partial charge in [-0.3, -0.25) is 9.69 Å². The predicted octanol–water partition coefficient (Wildman–Crippen LogP) is 4.12. The van der Waals surface area contributed by atoms with Gasteiger partial charge in [-0.25, -0.2) is 9.59 Å². The van der Waals surface area contributed by atoms with E-state index in [2.05, 4.69) is 10.6 Å². The Balaban J connectivity index is 2.10. The van der Waals surface area contributed by atoms with Gasteiger partial charge < -0.3 is 25.2 Å². The Morgan fingerprint density at radius 2 is 1.23 bits per heavy atom. The van der Waals surface area contributed by atoms with Gasteiger partial charge in [-0.1, -0.05) is 60.7 Å². The summed E-state index contributed by atoms with van der Waals surface area (Å²) in [6, 6.07) is 17.4. The average Bonchev–Trinajstić information content (AvgIpc) is 2.82. The third kappa shape index (κ3) is 13.1. The molecule has 9 heteroatoms. The number of carbonyl (C=O) groups excluding carboxylic acids is 3. The quantitative estimate of drug-likeness (QED) is 0.361. The number of carbonyl (C=O) groups is 3. The molecule has 2 amide bonds. The van der Waals surface area contributed by atoms with Gasteiger partial charge in [-0.2, -0.15) is 0 Å². The van der Waals surface area contributed by atoms with Gasteiger partial charge in [0, 0.05) is 6.54 Å². The maximum atomic E-state index is 13.4. The number of ether oxygens (including phenoxy) is 2. The van der Waals surface area contributed by atoms with E-state index in [1.807, 2.05) is 60.7 Å². The number of Topliss-reactive ketones (excluding diaryl/α,β-unsaturated/α-hetero) is 1. The van der Waals surface area contributed by atoms with Gasteiger partial charge in [0.05, 0.1) is 24.7 Å². The predicted molar refractivity (Wildman–Crippen MR) is 155 cm³/mol. The van der Waals surface area contributed by atoms with E-state index in [0.29, 0.717) is 12.8 Å². The summed E-state index contributed by atoms with van der Waals surface area (Å²) in [5, 5.41) is 16.6. The zero-order chi connectivity index (χ0) is 29.9. The highest BCUT2D eigenvalue weighted by atomic mass is 16.6. The molecule has 0 fully saturated rings. The molecule has 3 N–H and O–H groups in total. The number of rotatable bonds is 12. The standard InChI is InChI=1S/C31H45N3O6/c1-30(2,3)39-28(37)32-24(18-22-14-10-8-11-15-22)26(35)20-34(7)21-27(36)25(19-23-16-12-9-13-17-23)33-29(38)40-31(4,5)6/h8-17,24-26,35H,18-21H2,1-7H3,(H,32,37)(H,33,38)/t24-,25-,26+/m0/s1. The molecule has 0 saturated carbocycles. The molecular weight excluding hydrogens is 510 g/mol. The van der Waals surface area contributed by atoms with Crippen molar-refractivity contribution in [2.24, 2.45) is 0 Å². The third-order valence-corrected chi connectivity index (χ3v) is 5.75. The number of likely N-dealkylation sites (N-methyl/N-ethyl adjacent to an activating group) is 1. The lowest BCUT2D eigenvalue weighted by Gasteiger charge is -2.30. The number of amides is 2. The van der Waals surface area contributed by atoms with E-state index >= 15 is 0 Å².